The third-order valence-corrected chi connectivity index (χ3v) is 3.74. The molecule has 1 aromatic carbocycles. The Morgan fingerprint density at radius 3 is 2.55 bits per heavy atom. The molecule has 0 saturated carbocycles. The molecule has 1 rings (SSSR count). The summed E-state index contributed by atoms with van der Waals surface area (Å²) >= 11 is 6.01. The molecule has 1 amide bonds. The fourth-order valence-electron chi connectivity index (χ4n) is 1.88. The minimum absolute atomic E-state index is 0.100. The lowest BCUT2D eigenvalue weighted by atomic mass is 9.99. The van der Waals surface area contributed by atoms with Crippen LogP contribution in [0.25, 0.3) is 0 Å². The Labute approximate surface area is 124 Å². The van der Waals surface area contributed by atoms with Gasteiger partial charge in [0, 0.05) is 11.4 Å². The molecule has 0 aliphatic carbocycles. The van der Waals surface area contributed by atoms with Crippen LogP contribution in [0.5, 0.6) is 0 Å². The second-order valence-corrected chi connectivity index (χ2v) is 5.27. The van der Waals surface area contributed by atoms with E-state index in [1.54, 1.807) is 6.07 Å². The predicted molar refractivity (Wildman–Crippen MR) is 78.8 cm³/mol. The molecule has 2 atom stereocenters. The zero-order valence-corrected chi connectivity index (χ0v) is 12.5. The number of carboxylic acids is 1. The third-order valence-electron chi connectivity index (χ3n) is 3.37. The van der Waals surface area contributed by atoms with Gasteiger partial charge in [0.15, 0.2) is 0 Å². The highest BCUT2D eigenvalue weighted by Crippen LogP contribution is 2.16. The van der Waals surface area contributed by atoms with Crippen molar-refractivity contribution in [2.45, 2.75) is 39.2 Å². The topological polar surface area (TPSA) is 66.4 Å². The van der Waals surface area contributed by atoms with Gasteiger partial charge in [0.05, 0.1) is 0 Å². The number of amides is 1. The fraction of sp³-hybridized carbons (Fsp3) is 0.467. The highest BCUT2D eigenvalue weighted by atomic mass is 35.5. The molecule has 2 N–H and O–H groups in total. The predicted octanol–water partition coefficient (Wildman–Crippen LogP) is 2.89. The van der Waals surface area contributed by atoms with Gasteiger partial charge in [-0.05, 0) is 24.0 Å². The number of hydrogen-bond acceptors (Lipinski definition) is 2. The molecule has 20 heavy (non-hydrogen) atoms. The van der Waals surface area contributed by atoms with Crippen LogP contribution in [0.4, 0.5) is 0 Å². The smallest absolute Gasteiger partial charge is 0.326 e. The maximum atomic E-state index is 11.8. The molecular formula is C15H20ClNO3. The normalized spacial score (nSPS) is 13.6. The standard InChI is InChI=1S/C15H20ClNO3/c1-3-10(2)14(15(19)20)17-13(18)9-8-11-6-4-5-7-12(11)16/h4-7,10,14H,3,8-9H2,1-2H3,(H,17,18)(H,19,20)/t10?,14-/m0/s1. The first-order chi connectivity index (χ1) is 9.45. The van der Waals surface area contributed by atoms with E-state index in [9.17, 15) is 9.59 Å². The number of aryl methyl sites for hydroxylation is 1. The molecular weight excluding hydrogens is 278 g/mol. The second kappa shape index (κ2) is 7.90. The molecule has 4 nitrogen and oxygen atoms in total. The van der Waals surface area contributed by atoms with E-state index in [0.717, 1.165) is 5.56 Å². The van der Waals surface area contributed by atoms with E-state index in [4.69, 9.17) is 16.7 Å². The number of carboxylic acid groups (broad SMARTS) is 1. The van der Waals surface area contributed by atoms with Crippen molar-refractivity contribution < 1.29 is 14.7 Å². The fourth-order valence-corrected chi connectivity index (χ4v) is 2.11. The van der Waals surface area contributed by atoms with Crippen molar-refractivity contribution in [3.8, 4) is 0 Å². The minimum atomic E-state index is -0.995. The first kappa shape index (κ1) is 16.5. The highest BCUT2D eigenvalue weighted by molar-refractivity contribution is 6.31. The second-order valence-electron chi connectivity index (χ2n) is 4.86. The number of halogens is 1. The molecule has 0 aliphatic rings. The van der Waals surface area contributed by atoms with Crippen LogP contribution in [0, 0.1) is 5.92 Å². The van der Waals surface area contributed by atoms with Crippen molar-refractivity contribution in [1.82, 2.24) is 5.32 Å². The quantitative estimate of drug-likeness (QED) is 0.813. The van der Waals surface area contributed by atoms with E-state index >= 15 is 0 Å². The summed E-state index contributed by atoms with van der Waals surface area (Å²) < 4.78 is 0. The van der Waals surface area contributed by atoms with E-state index in [0.29, 0.717) is 17.9 Å². The molecule has 0 aliphatic heterocycles. The molecule has 0 fully saturated rings. The summed E-state index contributed by atoms with van der Waals surface area (Å²) in [5.74, 6) is -1.36. The van der Waals surface area contributed by atoms with E-state index in [1.807, 2.05) is 32.0 Å². The van der Waals surface area contributed by atoms with Gasteiger partial charge in [-0.3, -0.25) is 4.79 Å². The largest absolute Gasteiger partial charge is 0.480 e. The lowest BCUT2D eigenvalue weighted by Crippen LogP contribution is -2.45. The zero-order chi connectivity index (χ0) is 15.1. The van der Waals surface area contributed by atoms with Crippen LogP contribution in [0.1, 0.15) is 32.3 Å². The average molecular weight is 298 g/mol. The Hall–Kier alpha value is -1.55. The number of rotatable bonds is 7. The summed E-state index contributed by atoms with van der Waals surface area (Å²) in [5, 5.41) is 12.3. The molecule has 0 radical (unpaired) electrons. The lowest BCUT2D eigenvalue weighted by molar-refractivity contribution is -0.143. The van der Waals surface area contributed by atoms with E-state index in [2.05, 4.69) is 5.32 Å². The Kier molecular flexibility index (Phi) is 6.52. The van der Waals surface area contributed by atoms with Crippen LogP contribution in [-0.4, -0.2) is 23.0 Å². The molecule has 0 bridgehead atoms. The van der Waals surface area contributed by atoms with Gasteiger partial charge in [-0.2, -0.15) is 0 Å². The van der Waals surface area contributed by atoms with Crippen LogP contribution in [-0.2, 0) is 16.0 Å². The minimum Gasteiger partial charge on any atom is -0.480 e. The number of carbonyl (C=O) groups excluding carboxylic acids is 1. The lowest BCUT2D eigenvalue weighted by Gasteiger charge is -2.20. The van der Waals surface area contributed by atoms with Crippen molar-refractivity contribution in [3.63, 3.8) is 0 Å². The highest BCUT2D eigenvalue weighted by Gasteiger charge is 2.24. The maximum absolute atomic E-state index is 11.8. The van der Waals surface area contributed by atoms with Gasteiger partial charge in [-0.15, -0.1) is 0 Å². The zero-order valence-electron chi connectivity index (χ0n) is 11.7. The monoisotopic (exact) mass is 297 g/mol. The van der Waals surface area contributed by atoms with Crippen LogP contribution >= 0.6 is 11.6 Å². The molecule has 1 aromatic rings. The Morgan fingerprint density at radius 2 is 2.00 bits per heavy atom. The third kappa shape index (κ3) is 4.85. The maximum Gasteiger partial charge on any atom is 0.326 e. The number of nitrogens with one attached hydrogen (secondary N) is 1. The molecule has 0 saturated heterocycles. The van der Waals surface area contributed by atoms with Gasteiger partial charge in [-0.25, -0.2) is 4.79 Å². The number of hydrogen-bond donors (Lipinski definition) is 2. The van der Waals surface area contributed by atoms with Gasteiger partial charge < -0.3 is 10.4 Å². The van der Waals surface area contributed by atoms with Crippen molar-refractivity contribution in [3.05, 3.63) is 34.9 Å². The van der Waals surface area contributed by atoms with E-state index in [1.165, 1.54) is 0 Å². The van der Waals surface area contributed by atoms with Gasteiger partial charge in [0.2, 0.25) is 5.91 Å². The number of aliphatic carboxylic acids is 1. The van der Waals surface area contributed by atoms with Crippen molar-refractivity contribution in [2.75, 3.05) is 0 Å². The van der Waals surface area contributed by atoms with Crippen LogP contribution in [0.3, 0.4) is 0 Å². The summed E-state index contributed by atoms with van der Waals surface area (Å²) in [7, 11) is 0. The Balaban J connectivity index is 2.55. The first-order valence-corrected chi connectivity index (χ1v) is 7.09. The molecule has 110 valence electrons. The van der Waals surface area contributed by atoms with Crippen molar-refractivity contribution in [1.29, 1.82) is 0 Å². The Morgan fingerprint density at radius 1 is 1.35 bits per heavy atom. The average Bonchev–Trinajstić information content (AvgIpc) is 2.42. The van der Waals surface area contributed by atoms with Gasteiger partial charge in [0.25, 0.3) is 0 Å². The van der Waals surface area contributed by atoms with Gasteiger partial charge in [-0.1, -0.05) is 50.1 Å². The summed E-state index contributed by atoms with van der Waals surface area (Å²) in [6.45, 7) is 3.71. The first-order valence-electron chi connectivity index (χ1n) is 6.71. The summed E-state index contributed by atoms with van der Waals surface area (Å²) in [6.07, 6.45) is 1.42. The Bertz CT molecular complexity index is 476. The number of benzene rings is 1. The number of carbonyl (C=O) groups is 2. The summed E-state index contributed by atoms with van der Waals surface area (Å²) in [6, 6.07) is 6.49. The van der Waals surface area contributed by atoms with Crippen LogP contribution in [0.15, 0.2) is 24.3 Å². The summed E-state index contributed by atoms with van der Waals surface area (Å²) in [4.78, 5) is 23.0. The molecule has 1 unspecified atom stereocenters. The molecule has 0 heterocycles. The SMILES string of the molecule is CCC(C)[C@H](NC(=O)CCc1ccccc1Cl)C(=O)O. The van der Waals surface area contributed by atoms with Crippen LogP contribution < -0.4 is 5.32 Å². The van der Waals surface area contributed by atoms with E-state index < -0.39 is 12.0 Å². The van der Waals surface area contributed by atoms with Gasteiger partial charge >= 0.3 is 5.97 Å². The van der Waals surface area contributed by atoms with Crippen molar-refractivity contribution in [2.24, 2.45) is 5.92 Å². The molecule has 0 spiro atoms. The van der Waals surface area contributed by atoms with Crippen LogP contribution in [0.2, 0.25) is 5.02 Å². The molecule has 5 heteroatoms. The summed E-state index contributed by atoms with van der Waals surface area (Å²) in [5.41, 5.74) is 0.889. The van der Waals surface area contributed by atoms with Crippen molar-refractivity contribution >= 4 is 23.5 Å². The van der Waals surface area contributed by atoms with Gasteiger partial charge in [0.1, 0.15) is 6.04 Å². The molecule has 0 aromatic heterocycles. The van der Waals surface area contributed by atoms with E-state index in [-0.39, 0.29) is 18.2 Å².